The fourth-order valence-corrected chi connectivity index (χ4v) is 1.17. The quantitative estimate of drug-likeness (QED) is 0.761. The molecule has 0 unspecified atom stereocenters. The molecule has 2 heterocycles. The molecule has 0 aliphatic rings. The van der Waals surface area contributed by atoms with Crippen molar-refractivity contribution in [2.45, 2.75) is 6.54 Å². The molecule has 0 aliphatic carbocycles. The lowest BCUT2D eigenvalue weighted by Crippen LogP contribution is -2.08. The summed E-state index contributed by atoms with van der Waals surface area (Å²) in [5.74, 6) is 0.129. The van der Waals surface area contributed by atoms with Gasteiger partial charge in [-0.05, 0) is 0 Å². The molecule has 0 spiro atoms. The molecule has 17 heavy (non-hydrogen) atoms. The number of carbonyl (C=O) groups is 1. The van der Waals surface area contributed by atoms with E-state index in [2.05, 4.69) is 25.5 Å². The Bertz CT molecular complexity index is 521. The summed E-state index contributed by atoms with van der Waals surface area (Å²) in [7, 11) is 1.83. The predicted octanol–water partition coefficient (Wildman–Crippen LogP) is -0.0846. The van der Waals surface area contributed by atoms with Gasteiger partial charge in [0, 0.05) is 7.05 Å². The summed E-state index contributed by atoms with van der Waals surface area (Å²) in [6.45, 7) is 0.442. The molecule has 0 radical (unpaired) electrons. The monoisotopic (exact) mass is 234 g/mol. The molecule has 0 saturated carbocycles. The van der Waals surface area contributed by atoms with Crippen molar-refractivity contribution in [1.29, 1.82) is 0 Å². The Hall–Kier alpha value is -2.51. The number of hydrogen-bond acceptors (Lipinski definition) is 6. The van der Waals surface area contributed by atoms with Crippen molar-refractivity contribution in [1.82, 2.24) is 24.7 Å². The van der Waals surface area contributed by atoms with Gasteiger partial charge < -0.3 is 15.0 Å². The summed E-state index contributed by atoms with van der Waals surface area (Å²) >= 11 is 0. The van der Waals surface area contributed by atoms with E-state index in [4.69, 9.17) is 5.11 Å². The van der Waals surface area contributed by atoms with Gasteiger partial charge in [-0.2, -0.15) is 0 Å². The van der Waals surface area contributed by atoms with Gasteiger partial charge in [0.05, 0.1) is 18.9 Å². The normalized spacial score (nSPS) is 10.2. The molecule has 2 aromatic heterocycles. The van der Waals surface area contributed by atoms with Crippen LogP contribution < -0.4 is 5.32 Å². The van der Waals surface area contributed by atoms with Crippen LogP contribution in [0.25, 0.3) is 0 Å². The van der Waals surface area contributed by atoms with E-state index in [1.165, 1.54) is 12.4 Å². The van der Waals surface area contributed by atoms with E-state index < -0.39 is 5.97 Å². The van der Waals surface area contributed by atoms with Gasteiger partial charge in [0.25, 0.3) is 0 Å². The van der Waals surface area contributed by atoms with E-state index in [1.54, 1.807) is 10.9 Å². The number of aromatic carboxylic acids is 1. The molecule has 8 heteroatoms. The van der Waals surface area contributed by atoms with Crippen LogP contribution in [0.2, 0.25) is 0 Å². The highest BCUT2D eigenvalue weighted by molar-refractivity contribution is 5.84. The Morgan fingerprint density at radius 3 is 2.82 bits per heavy atom. The second-order valence-corrected chi connectivity index (χ2v) is 3.30. The number of aryl methyl sites for hydroxylation is 1. The largest absolute Gasteiger partial charge is 0.476 e. The lowest BCUT2D eigenvalue weighted by atomic mass is 10.4. The first-order valence-electron chi connectivity index (χ1n) is 4.79. The van der Waals surface area contributed by atoms with Crippen molar-refractivity contribution >= 4 is 11.8 Å². The second-order valence-electron chi connectivity index (χ2n) is 3.30. The maximum absolute atomic E-state index is 10.6. The Morgan fingerprint density at radius 1 is 1.47 bits per heavy atom. The average Bonchev–Trinajstić information content (AvgIpc) is 2.73. The van der Waals surface area contributed by atoms with Crippen LogP contribution in [0, 0.1) is 0 Å². The first-order chi connectivity index (χ1) is 8.16. The molecular formula is C9H10N6O2. The van der Waals surface area contributed by atoms with Crippen LogP contribution >= 0.6 is 0 Å². The standard InChI is InChI=1S/C9H10N6O2/c1-15-5-13-14-8(15)4-12-7-3-10-6(2-11-7)9(16)17/h2-3,5H,4H2,1H3,(H,11,12)(H,16,17). The van der Waals surface area contributed by atoms with E-state index >= 15 is 0 Å². The molecular weight excluding hydrogens is 224 g/mol. The van der Waals surface area contributed by atoms with Crippen LogP contribution in [0.4, 0.5) is 5.82 Å². The number of anilines is 1. The fraction of sp³-hybridized carbons (Fsp3) is 0.222. The molecule has 2 rings (SSSR count). The number of rotatable bonds is 4. The van der Waals surface area contributed by atoms with E-state index in [1.807, 2.05) is 7.05 Å². The Kier molecular flexibility index (Phi) is 2.95. The third kappa shape index (κ3) is 2.54. The number of hydrogen-bond donors (Lipinski definition) is 2. The van der Waals surface area contributed by atoms with Crippen LogP contribution in [0.3, 0.4) is 0 Å². The molecule has 0 atom stereocenters. The van der Waals surface area contributed by atoms with Crippen molar-refractivity contribution in [3.63, 3.8) is 0 Å². The van der Waals surface area contributed by atoms with Gasteiger partial charge in [0.15, 0.2) is 11.5 Å². The van der Waals surface area contributed by atoms with Gasteiger partial charge in [-0.15, -0.1) is 10.2 Å². The number of carboxylic acids is 1. The number of nitrogens with one attached hydrogen (secondary N) is 1. The molecule has 0 aliphatic heterocycles. The minimum Gasteiger partial charge on any atom is -0.476 e. The molecule has 0 saturated heterocycles. The molecule has 0 amide bonds. The van der Waals surface area contributed by atoms with Crippen LogP contribution in [-0.4, -0.2) is 35.8 Å². The Morgan fingerprint density at radius 2 is 2.29 bits per heavy atom. The average molecular weight is 234 g/mol. The Balaban J connectivity index is 2.00. The molecule has 0 bridgehead atoms. The first-order valence-corrected chi connectivity index (χ1v) is 4.79. The van der Waals surface area contributed by atoms with Gasteiger partial charge in [-0.1, -0.05) is 0 Å². The van der Waals surface area contributed by atoms with Crippen LogP contribution in [-0.2, 0) is 13.6 Å². The minimum atomic E-state index is -1.10. The van der Waals surface area contributed by atoms with E-state index in [0.29, 0.717) is 12.4 Å². The summed E-state index contributed by atoms with van der Waals surface area (Å²) in [6, 6.07) is 0. The highest BCUT2D eigenvalue weighted by Crippen LogP contribution is 2.03. The summed E-state index contributed by atoms with van der Waals surface area (Å²) in [4.78, 5) is 18.2. The van der Waals surface area contributed by atoms with Crippen molar-refractivity contribution < 1.29 is 9.90 Å². The number of aromatic nitrogens is 5. The van der Waals surface area contributed by atoms with Crippen LogP contribution in [0.1, 0.15) is 16.3 Å². The molecule has 2 aromatic rings. The summed E-state index contributed by atoms with van der Waals surface area (Å²) in [6.07, 6.45) is 4.15. The van der Waals surface area contributed by atoms with E-state index in [9.17, 15) is 4.79 Å². The minimum absolute atomic E-state index is 0.0887. The fourth-order valence-electron chi connectivity index (χ4n) is 1.17. The molecule has 0 fully saturated rings. The predicted molar refractivity (Wildman–Crippen MR) is 57.3 cm³/mol. The zero-order valence-corrected chi connectivity index (χ0v) is 9.03. The van der Waals surface area contributed by atoms with Crippen molar-refractivity contribution in [3.8, 4) is 0 Å². The lowest BCUT2D eigenvalue weighted by molar-refractivity contribution is 0.0690. The van der Waals surface area contributed by atoms with Gasteiger partial charge in [0.1, 0.15) is 12.1 Å². The van der Waals surface area contributed by atoms with Crippen molar-refractivity contribution in [2.75, 3.05) is 5.32 Å². The van der Waals surface area contributed by atoms with Crippen molar-refractivity contribution in [3.05, 3.63) is 30.2 Å². The number of nitrogens with zero attached hydrogens (tertiary/aromatic N) is 5. The van der Waals surface area contributed by atoms with E-state index in [0.717, 1.165) is 5.82 Å². The molecule has 88 valence electrons. The summed E-state index contributed by atoms with van der Waals surface area (Å²) in [5.41, 5.74) is -0.0887. The second kappa shape index (κ2) is 4.56. The van der Waals surface area contributed by atoms with Gasteiger partial charge in [-0.25, -0.2) is 14.8 Å². The van der Waals surface area contributed by atoms with Crippen LogP contribution in [0.15, 0.2) is 18.7 Å². The highest BCUT2D eigenvalue weighted by atomic mass is 16.4. The maximum Gasteiger partial charge on any atom is 0.356 e. The molecule has 2 N–H and O–H groups in total. The zero-order chi connectivity index (χ0) is 12.3. The van der Waals surface area contributed by atoms with E-state index in [-0.39, 0.29) is 5.69 Å². The lowest BCUT2D eigenvalue weighted by Gasteiger charge is -2.04. The van der Waals surface area contributed by atoms with Gasteiger partial charge in [0.2, 0.25) is 0 Å². The molecule has 8 nitrogen and oxygen atoms in total. The SMILES string of the molecule is Cn1cnnc1CNc1cnc(C(=O)O)cn1. The number of carboxylic acid groups (broad SMARTS) is 1. The Labute approximate surface area is 96.4 Å². The first kappa shape index (κ1) is 11.0. The highest BCUT2D eigenvalue weighted by Gasteiger charge is 2.05. The summed E-state index contributed by atoms with van der Waals surface area (Å²) < 4.78 is 1.77. The third-order valence-corrected chi connectivity index (χ3v) is 2.10. The van der Waals surface area contributed by atoms with Crippen molar-refractivity contribution in [2.24, 2.45) is 7.05 Å². The maximum atomic E-state index is 10.6. The molecule has 0 aromatic carbocycles. The zero-order valence-electron chi connectivity index (χ0n) is 9.03. The summed E-state index contributed by atoms with van der Waals surface area (Å²) in [5, 5.41) is 19.2. The van der Waals surface area contributed by atoms with Gasteiger partial charge in [-0.3, -0.25) is 0 Å². The smallest absolute Gasteiger partial charge is 0.356 e. The van der Waals surface area contributed by atoms with Gasteiger partial charge >= 0.3 is 5.97 Å². The third-order valence-electron chi connectivity index (χ3n) is 2.10. The van der Waals surface area contributed by atoms with Crippen LogP contribution in [0.5, 0.6) is 0 Å². The topological polar surface area (TPSA) is 106 Å².